The maximum atomic E-state index is 13.7. The van der Waals surface area contributed by atoms with Crippen LogP contribution in [0.3, 0.4) is 0 Å². The van der Waals surface area contributed by atoms with Crippen LogP contribution in [0.5, 0.6) is 0 Å². The zero-order valence-corrected chi connectivity index (χ0v) is 9.16. The van der Waals surface area contributed by atoms with Gasteiger partial charge in [-0.1, -0.05) is 6.07 Å². The summed E-state index contributed by atoms with van der Waals surface area (Å²) in [4.78, 5) is 0. The molecule has 1 heterocycles. The molecule has 0 aliphatic heterocycles. The van der Waals surface area contributed by atoms with E-state index in [1.54, 1.807) is 29.8 Å². The van der Waals surface area contributed by atoms with Gasteiger partial charge in [-0.25, -0.2) is 4.39 Å². The summed E-state index contributed by atoms with van der Waals surface area (Å²) in [5.74, 6) is -0.259. The second kappa shape index (κ2) is 3.82. The van der Waals surface area contributed by atoms with Gasteiger partial charge in [-0.15, -0.1) is 0 Å². The van der Waals surface area contributed by atoms with E-state index in [2.05, 4.69) is 6.07 Å². The summed E-state index contributed by atoms with van der Waals surface area (Å²) in [6.07, 6.45) is 0. The molecule has 0 spiro atoms. The second-order valence-corrected chi connectivity index (χ2v) is 3.76. The molecule has 3 heteroatoms. The van der Waals surface area contributed by atoms with Crippen molar-refractivity contribution >= 4 is 0 Å². The van der Waals surface area contributed by atoms with Crippen LogP contribution in [0.4, 0.5) is 4.39 Å². The van der Waals surface area contributed by atoms with E-state index >= 15 is 0 Å². The molecule has 16 heavy (non-hydrogen) atoms. The summed E-state index contributed by atoms with van der Waals surface area (Å²) in [5.41, 5.74) is 2.65. The third-order valence-corrected chi connectivity index (χ3v) is 2.64. The van der Waals surface area contributed by atoms with Crippen molar-refractivity contribution in [3.63, 3.8) is 0 Å². The van der Waals surface area contributed by atoms with E-state index in [0.717, 1.165) is 5.56 Å². The first kappa shape index (κ1) is 10.4. The Morgan fingerprint density at radius 1 is 1.25 bits per heavy atom. The Morgan fingerprint density at radius 2 is 2.00 bits per heavy atom. The molecule has 2 nitrogen and oxygen atoms in total. The summed E-state index contributed by atoms with van der Waals surface area (Å²) < 4.78 is 15.4. The smallest absolute Gasteiger partial charge is 0.132 e. The third-order valence-electron chi connectivity index (χ3n) is 2.64. The predicted octanol–water partition coefficient (Wildman–Crippen LogP) is 3.01. The van der Waals surface area contributed by atoms with Crippen LogP contribution in [0.2, 0.25) is 0 Å². The molecule has 2 aromatic rings. The van der Waals surface area contributed by atoms with Gasteiger partial charge in [-0.05, 0) is 36.8 Å². The highest BCUT2D eigenvalue weighted by molar-refractivity contribution is 5.63. The zero-order chi connectivity index (χ0) is 11.7. The lowest BCUT2D eigenvalue weighted by atomic mass is 10.1. The highest BCUT2D eigenvalue weighted by Crippen LogP contribution is 2.24. The van der Waals surface area contributed by atoms with Gasteiger partial charge in [0.15, 0.2) is 0 Å². The number of hydrogen-bond donors (Lipinski definition) is 0. The number of hydrogen-bond acceptors (Lipinski definition) is 1. The Morgan fingerprint density at radius 3 is 2.56 bits per heavy atom. The van der Waals surface area contributed by atoms with Crippen LogP contribution in [0, 0.1) is 24.1 Å². The van der Waals surface area contributed by atoms with Crippen molar-refractivity contribution in [2.75, 3.05) is 0 Å². The maximum Gasteiger partial charge on any atom is 0.132 e. The van der Waals surface area contributed by atoms with Crippen molar-refractivity contribution in [3.8, 4) is 17.3 Å². The molecule has 1 aromatic carbocycles. The highest BCUT2D eigenvalue weighted by atomic mass is 19.1. The lowest BCUT2D eigenvalue weighted by Gasteiger charge is -2.06. The Kier molecular flexibility index (Phi) is 2.49. The minimum atomic E-state index is -0.259. The summed E-state index contributed by atoms with van der Waals surface area (Å²) in [6.45, 7) is 1.85. The van der Waals surface area contributed by atoms with Crippen molar-refractivity contribution in [2.45, 2.75) is 6.92 Å². The predicted molar refractivity (Wildman–Crippen MR) is 60.3 cm³/mol. The monoisotopic (exact) mass is 214 g/mol. The first-order valence-corrected chi connectivity index (χ1v) is 4.96. The van der Waals surface area contributed by atoms with Crippen LogP contribution < -0.4 is 0 Å². The SMILES string of the molecule is Cc1ccc(-c2ccc(C#N)n2C)c(F)c1. The second-order valence-electron chi connectivity index (χ2n) is 3.76. The van der Waals surface area contributed by atoms with Crippen LogP contribution in [-0.4, -0.2) is 4.57 Å². The molecule has 0 atom stereocenters. The number of nitriles is 1. The number of nitrogens with zero attached hydrogens (tertiary/aromatic N) is 2. The minimum Gasteiger partial charge on any atom is -0.335 e. The van der Waals surface area contributed by atoms with Gasteiger partial charge in [0.1, 0.15) is 17.6 Å². The molecule has 80 valence electrons. The van der Waals surface area contributed by atoms with Gasteiger partial charge in [0.2, 0.25) is 0 Å². The Balaban J connectivity index is 2.60. The zero-order valence-electron chi connectivity index (χ0n) is 9.16. The van der Waals surface area contributed by atoms with Crippen LogP contribution in [-0.2, 0) is 7.05 Å². The molecular weight excluding hydrogens is 203 g/mol. The van der Waals surface area contributed by atoms with Gasteiger partial charge in [0.25, 0.3) is 0 Å². The topological polar surface area (TPSA) is 28.7 Å². The van der Waals surface area contributed by atoms with Gasteiger partial charge in [-0.2, -0.15) is 5.26 Å². The maximum absolute atomic E-state index is 13.7. The Bertz CT molecular complexity index is 576. The Hall–Kier alpha value is -2.08. The molecule has 0 N–H and O–H groups in total. The van der Waals surface area contributed by atoms with E-state index in [4.69, 9.17) is 5.26 Å². The lowest BCUT2D eigenvalue weighted by molar-refractivity contribution is 0.628. The van der Waals surface area contributed by atoms with Gasteiger partial charge >= 0.3 is 0 Å². The van der Waals surface area contributed by atoms with E-state index in [1.807, 2.05) is 13.0 Å². The largest absolute Gasteiger partial charge is 0.335 e. The van der Waals surface area contributed by atoms with Crippen molar-refractivity contribution in [1.82, 2.24) is 4.57 Å². The van der Waals surface area contributed by atoms with Gasteiger partial charge < -0.3 is 4.57 Å². The summed E-state index contributed by atoms with van der Waals surface area (Å²) in [5, 5.41) is 8.83. The number of rotatable bonds is 1. The molecule has 0 saturated carbocycles. The van der Waals surface area contributed by atoms with Crippen molar-refractivity contribution in [2.24, 2.45) is 7.05 Å². The first-order valence-electron chi connectivity index (χ1n) is 4.96. The molecular formula is C13H11FN2. The fourth-order valence-corrected chi connectivity index (χ4v) is 1.72. The molecule has 1 aromatic heterocycles. The van der Waals surface area contributed by atoms with Crippen LogP contribution >= 0.6 is 0 Å². The summed E-state index contributed by atoms with van der Waals surface area (Å²) in [7, 11) is 1.76. The Labute approximate surface area is 93.6 Å². The normalized spacial score (nSPS) is 10.1. The van der Waals surface area contributed by atoms with Crippen molar-refractivity contribution < 1.29 is 4.39 Å². The van der Waals surface area contributed by atoms with Crippen LogP contribution in [0.25, 0.3) is 11.3 Å². The molecule has 0 bridgehead atoms. The number of halogens is 1. The molecule has 0 saturated heterocycles. The summed E-state index contributed by atoms with van der Waals surface area (Å²) in [6, 6.07) is 10.6. The molecule has 0 amide bonds. The highest BCUT2D eigenvalue weighted by Gasteiger charge is 2.10. The molecule has 0 fully saturated rings. The minimum absolute atomic E-state index is 0.259. The molecule has 0 radical (unpaired) electrons. The van der Waals surface area contributed by atoms with Gasteiger partial charge in [0, 0.05) is 12.6 Å². The average molecular weight is 214 g/mol. The van der Waals surface area contributed by atoms with Gasteiger partial charge in [0.05, 0.1) is 5.69 Å². The number of aryl methyl sites for hydroxylation is 1. The number of aromatic nitrogens is 1. The van der Waals surface area contributed by atoms with E-state index in [9.17, 15) is 4.39 Å². The van der Waals surface area contributed by atoms with Crippen LogP contribution in [0.1, 0.15) is 11.3 Å². The summed E-state index contributed by atoms with van der Waals surface area (Å²) >= 11 is 0. The van der Waals surface area contributed by atoms with E-state index in [0.29, 0.717) is 17.0 Å². The van der Waals surface area contributed by atoms with Crippen molar-refractivity contribution in [3.05, 3.63) is 47.4 Å². The fraction of sp³-hybridized carbons (Fsp3) is 0.154. The molecule has 0 aliphatic carbocycles. The van der Waals surface area contributed by atoms with Gasteiger partial charge in [-0.3, -0.25) is 0 Å². The number of benzene rings is 1. The first-order chi connectivity index (χ1) is 7.63. The standard InChI is InChI=1S/C13H11FN2/c1-9-3-5-11(12(14)7-9)13-6-4-10(8-15)16(13)2/h3-7H,1-2H3. The average Bonchev–Trinajstić information content (AvgIpc) is 2.60. The molecule has 0 unspecified atom stereocenters. The fourth-order valence-electron chi connectivity index (χ4n) is 1.72. The van der Waals surface area contributed by atoms with E-state index in [1.165, 1.54) is 6.07 Å². The van der Waals surface area contributed by atoms with Crippen molar-refractivity contribution in [1.29, 1.82) is 5.26 Å². The molecule has 2 rings (SSSR count). The van der Waals surface area contributed by atoms with E-state index in [-0.39, 0.29) is 5.82 Å². The third kappa shape index (κ3) is 1.59. The van der Waals surface area contributed by atoms with Crippen LogP contribution in [0.15, 0.2) is 30.3 Å². The molecule has 0 aliphatic rings. The lowest BCUT2D eigenvalue weighted by Crippen LogP contribution is -1.96. The quantitative estimate of drug-likeness (QED) is 0.717. The van der Waals surface area contributed by atoms with E-state index < -0.39 is 0 Å².